The Bertz CT molecular complexity index is 1150. The molecule has 1 fully saturated rings. The number of hydrogen-bond acceptors (Lipinski definition) is 6. The first kappa shape index (κ1) is 19.9. The van der Waals surface area contributed by atoms with E-state index in [1.165, 1.54) is 18.2 Å². The quantitative estimate of drug-likeness (QED) is 0.649. The minimum Gasteiger partial charge on any atom is -0.395 e. The maximum atomic E-state index is 14.4. The zero-order valence-electron chi connectivity index (χ0n) is 17.4. The van der Waals surface area contributed by atoms with Crippen LogP contribution in [0.25, 0.3) is 11.3 Å². The number of hydrogen-bond donors (Lipinski definition) is 2. The van der Waals surface area contributed by atoms with Crippen LogP contribution < -0.4 is 5.32 Å². The lowest BCUT2D eigenvalue weighted by Crippen LogP contribution is -2.38. The summed E-state index contributed by atoms with van der Waals surface area (Å²) in [6.45, 7) is 4.74. The van der Waals surface area contributed by atoms with Crippen molar-refractivity contribution in [3.63, 3.8) is 0 Å². The highest BCUT2D eigenvalue weighted by atomic mass is 19.1. The molecule has 1 aromatic carbocycles. The predicted octanol–water partition coefficient (Wildman–Crippen LogP) is 3.82. The Balaban J connectivity index is 1.66. The summed E-state index contributed by atoms with van der Waals surface area (Å²) in [5.74, 6) is 0.138. The van der Waals surface area contributed by atoms with Crippen LogP contribution >= 0.6 is 0 Å². The van der Waals surface area contributed by atoms with E-state index >= 15 is 0 Å². The van der Waals surface area contributed by atoms with Crippen LogP contribution in [0.15, 0.2) is 36.5 Å². The van der Waals surface area contributed by atoms with Gasteiger partial charge in [0.2, 0.25) is 0 Å². The van der Waals surface area contributed by atoms with Gasteiger partial charge in [-0.05, 0) is 54.0 Å². The maximum absolute atomic E-state index is 14.4. The van der Waals surface area contributed by atoms with E-state index in [-0.39, 0.29) is 29.2 Å². The number of rotatable bonds is 5. The number of aliphatic hydroxyl groups is 1. The molecule has 2 aliphatic carbocycles. The molecule has 0 amide bonds. The van der Waals surface area contributed by atoms with Crippen LogP contribution in [0.2, 0.25) is 0 Å². The topological polar surface area (TPSA) is 83.8 Å². The van der Waals surface area contributed by atoms with Gasteiger partial charge in [0.1, 0.15) is 23.3 Å². The van der Waals surface area contributed by atoms with Gasteiger partial charge < -0.3 is 10.4 Å². The summed E-state index contributed by atoms with van der Waals surface area (Å²) in [5, 5.41) is 20.9. The second-order valence-electron chi connectivity index (χ2n) is 8.76. The van der Waals surface area contributed by atoms with Crippen molar-refractivity contribution in [3.05, 3.63) is 65.2 Å². The van der Waals surface area contributed by atoms with Crippen molar-refractivity contribution in [2.75, 3.05) is 18.5 Å². The molecule has 0 aliphatic heterocycles. The number of benzene rings is 1. The van der Waals surface area contributed by atoms with E-state index in [2.05, 4.69) is 34.3 Å². The molecule has 2 bridgehead atoms. The normalized spacial score (nSPS) is 23.1. The molecule has 31 heavy (non-hydrogen) atoms. The Hall–Kier alpha value is -3.00. The van der Waals surface area contributed by atoms with Gasteiger partial charge in [-0.2, -0.15) is 5.10 Å². The molecule has 0 saturated heterocycles. The SMILES string of the molecule is CC1(C)[C@H]2CC[C@]1(c1nccc(NCCO)n1)c1nnc(-c3c(F)cccc3F)cc12. The van der Waals surface area contributed by atoms with Crippen molar-refractivity contribution in [3.8, 4) is 11.3 Å². The zero-order valence-corrected chi connectivity index (χ0v) is 17.4. The van der Waals surface area contributed by atoms with Crippen molar-refractivity contribution < 1.29 is 13.9 Å². The summed E-state index contributed by atoms with van der Waals surface area (Å²) < 4.78 is 28.7. The molecule has 0 unspecified atom stereocenters. The first-order valence-electron chi connectivity index (χ1n) is 10.4. The van der Waals surface area contributed by atoms with Gasteiger partial charge in [-0.1, -0.05) is 19.9 Å². The lowest BCUT2D eigenvalue weighted by atomic mass is 9.67. The van der Waals surface area contributed by atoms with E-state index in [1.807, 2.05) is 0 Å². The highest BCUT2D eigenvalue weighted by Crippen LogP contribution is 2.69. The molecule has 2 atom stereocenters. The summed E-state index contributed by atoms with van der Waals surface area (Å²) in [5.41, 5.74) is 1.01. The summed E-state index contributed by atoms with van der Waals surface area (Å²) in [7, 11) is 0. The average molecular weight is 423 g/mol. The number of anilines is 1. The van der Waals surface area contributed by atoms with Gasteiger partial charge in [0.15, 0.2) is 0 Å². The summed E-state index contributed by atoms with van der Waals surface area (Å²) in [4.78, 5) is 9.35. The first-order valence-corrected chi connectivity index (χ1v) is 10.4. The number of nitrogens with zero attached hydrogens (tertiary/aromatic N) is 4. The van der Waals surface area contributed by atoms with Crippen LogP contribution in [0.5, 0.6) is 0 Å². The van der Waals surface area contributed by atoms with Crippen LogP contribution in [0.3, 0.4) is 0 Å². The third kappa shape index (κ3) is 2.70. The average Bonchev–Trinajstić information content (AvgIpc) is 3.14. The Morgan fingerprint density at radius 2 is 1.94 bits per heavy atom. The lowest BCUT2D eigenvalue weighted by molar-refractivity contribution is 0.237. The van der Waals surface area contributed by atoms with Crippen molar-refractivity contribution in [2.45, 2.75) is 38.0 Å². The molecule has 160 valence electrons. The summed E-state index contributed by atoms with van der Waals surface area (Å²) in [6, 6.07) is 7.34. The van der Waals surface area contributed by atoms with Crippen LogP contribution in [-0.2, 0) is 5.41 Å². The smallest absolute Gasteiger partial charge is 0.143 e. The van der Waals surface area contributed by atoms with Crippen LogP contribution in [0.1, 0.15) is 49.7 Å². The van der Waals surface area contributed by atoms with Gasteiger partial charge >= 0.3 is 0 Å². The van der Waals surface area contributed by atoms with Gasteiger partial charge in [-0.3, -0.25) is 0 Å². The van der Waals surface area contributed by atoms with E-state index in [0.29, 0.717) is 18.2 Å². The van der Waals surface area contributed by atoms with E-state index in [9.17, 15) is 8.78 Å². The van der Waals surface area contributed by atoms with E-state index in [1.54, 1.807) is 18.3 Å². The molecule has 1 saturated carbocycles. The predicted molar refractivity (Wildman–Crippen MR) is 112 cm³/mol. The highest BCUT2D eigenvalue weighted by molar-refractivity contribution is 5.64. The Kier molecular flexibility index (Phi) is 4.51. The zero-order chi connectivity index (χ0) is 21.8. The van der Waals surface area contributed by atoms with Crippen molar-refractivity contribution >= 4 is 5.82 Å². The van der Waals surface area contributed by atoms with Gasteiger partial charge in [0.05, 0.1) is 29.0 Å². The molecule has 0 radical (unpaired) electrons. The Morgan fingerprint density at radius 1 is 1.16 bits per heavy atom. The molecule has 2 aliphatic rings. The number of nitrogens with one attached hydrogen (secondary N) is 1. The standard InChI is InChI=1S/C23H23F2N5O/c1-22(2)14-6-8-23(22,21-27-9-7-18(28-21)26-10-11-31)20-13(14)12-17(29-30-20)19-15(24)4-3-5-16(19)25/h3-5,7,9,12,14,31H,6,8,10-11H2,1-2H3,(H,26,27,28)/t14-,23+/m0/s1. The summed E-state index contributed by atoms with van der Waals surface area (Å²) >= 11 is 0. The third-order valence-electron chi connectivity index (χ3n) is 7.06. The molecule has 2 heterocycles. The first-order chi connectivity index (χ1) is 14.9. The molecule has 3 aromatic rings. The van der Waals surface area contributed by atoms with Crippen molar-refractivity contribution in [1.82, 2.24) is 20.2 Å². The molecular weight excluding hydrogens is 400 g/mol. The monoisotopic (exact) mass is 423 g/mol. The fraction of sp³-hybridized carbons (Fsp3) is 0.391. The minimum atomic E-state index is -0.655. The van der Waals surface area contributed by atoms with Gasteiger partial charge in [-0.25, -0.2) is 18.7 Å². The van der Waals surface area contributed by atoms with E-state index < -0.39 is 17.0 Å². The molecule has 2 aromatic heterocycles. The summed E-state index contributed by atoms with van der Waals surface area (Å²) in [6.07, 6.45) is 3.43. The molecule has 6 nitrogen and oxygen atoms in total. The number of fused-ring (bicyclic) bond motifs is 5. The molecular formula is C23H23F2N5O. The number of aromatic nitrogens is 4. The van der Waals surface area contributed by atoms with E-state index in [4.69, 9.17) is 10.1 Å². The van der Waals surface area contributed by atoms with Crippen molar-refractivity contribution in [1.29, 1.82) is 0 Å². The Morgan fingerprint density at radius 3 is 2.68 bits per heavy atom. The third-order valence-corrected chi connectivity index (χ3v) is 7.06. The minimum absolute atomic E-state index is 0.00172. The number of aliphatic hydroxyl groups excluding tert-OH is 1. The second-order valence-corrected chi connectivity index (χ2v) is 8.76. The van der Waals surface area contributed by atoms with Gasteiger partial charge in [0, 0.05) is 12.7 Å². The van der Waals surface area contributed by atoms with Crippen LogP contribution in [0.4, 0.5) is 14.6 Å². The van der Waals surface area contributed by atoms with Crippen LogP contribution in [-0.4, -0.2) is 38.4 Å². The van der Waals surface area contributed by atoms with Gasteiger partial charge in [-0.15, -0.1) is 5.10 Å². The van der Waals surface area contributed by atoms with E-state index in [0.717, 1.165) is 24.1 Å². The molecule has 0 spiro atoms. The van der Waals surface area contributed by atoms with Crippen LogP contribution in [0, 0.1) is 17.0 Å². The van der Waals surface area contributed by atoms with Crippen molar-refractivity contribution in [2.24, 2.45) is 5.41 Å². The fourth-order valence-electron chi connectivity index (χ4n) is 5.53. The largest absolute Gasteiger partial charge is 0.395 e. The highest BCUT2D eigenvalue weighted by Gasteiger charge is 2.65. The maximum Gasteiger partial charge on any atom is 0.143 e. The number of halogens is 2. The lowest BCUT2D eigenvalue weighted by Gasteiger charge is -2.36. The molecule has 2 N–H and O–H groups in total. The Labute approximate surface area is 178 Å². The molecule has 5 rings (SSSR count). The fourth-order valence-corrected chi connectivity index (χ4v) is 5.53. The second kappa shape index (κ2) is 7.02. The molecule has 8 heteroatoms. The van der Waals surface area contributed by atoms with Gasteiger partial charge in [0.25, 0.3) is 0 Å².